The van der Waals surface area contributed by atoms with Gasteiger partial charge in [0.05, 0.1) is 10.5 Å². The van der Waals surface area contributed by atoms with Crippen molar-refractivity contribution in [3.8, 4) is 0 Å². The van der Waals surface area contributed by atoms with Crippen LogP contribution in [0.15, 0.2) is 54.9 Å². The van der Waals surface area contributed by atoms with E-state index >= 15 is 0 Å². The first-order valence-corrected chi connectivity index (χ1v) is 8.01. The zero-order valence-electron chi connectivity index (χ0n) is 14.4. The number of aromatic nitrogens is 2. The van der Waals surface area contributed by atoms with Crippen molar-refractivity contribution in [2.24, 2.45) is 7.05 Å². The van der Waals surface area contributed by atoms with E-state index in [9.17, 15) is 27.7 Å². The Labute approximate surface area is 156 Å². The molecule has 28 heavy (non-hydrogen) atoms. The minimum atomic E-state index is -4.71. The maximum Gasteiger partial charge on any atom is 0.416 e. The van der Waals surface area contributed by atoms with Crippen molar-refractivity contribution >= 4 is 11.4 Å². The lowest BCUT2D eigenvalue weighted by Gasteiger charge is -2.20. The van der Waals surface area contributed by atoms with Gasteiger partial charge in [0.2, 0.25) is 0 Å². The molecule has 0 radical (unpaired) electrons. The summed E-state index contributed by atoms with van der Waals surface area (Å²) in [5.74, 6) is -0.0244. The summed E-state index contributed by atoms with van der Waals surface area (Å²) in [4.78, 5) is 14.7. The largest absolute Gasteiger partial charge is 0.416 e. The molecular formula is C18H14F4N4O2. The number of nitro benzene ring substituents is 1. The number of nitrogens with zero attached hydrogens (tertiary/aromatic N) is 3. The molecule has 0 aliphatic carbocycles. The maximum atomic E-state index is 13.3. The average molecular weight is 394 g/mol. The zero-order valence-corrected chi connectivity index (χ0v) is 14.4. The monoisotopic (exact) mass is 394 g/mol. The lowest BCUT2D eigenvalue weighted by atomic mass is 10.0. The second-order valence-corrected chi connectivity index (χ2v) is 6.01. The van der Waals surface area contributed by atoms with Gasteiger partial charge in [-0.2, -0.15) is 13.2 Å². The molecule has 0 spiro atoms. The standard InChI is InChI=1S/C18H14F4N4O2/c1-25-9-8-23-17(25)16(11-2-5-13(19)6-3-11)24-14-7-4-12(18(20,21)22)10-15(14)26(27)28/h2-10,16,24H,1H3/t16-/m1/s1. The van der Waals surface area contributed by atoms with E-state index in [0.29, 0.717) is 17.5 Å². The maximum absolute atomic E-state index is 13.3. The van der Waals surface area contributed by atoms with Crippen molar-refractivity contribution in [1.82, 2.24) is 9.55 Å². The molecule has 3 rings (SSSR count). The topological polar surface area (TPSA) is 73.0 Å². The van der Waals surface area contributed by atoms with Gasteiger partial charge in [0, 0.05) is 25.5 Å². The van der Waals surface area contributed by atoms with Gasteiger partial charge in [-0.3, -0.25) is 10.1 Å². The molecule has 0 amide bonds. The molecule has 0 bridgehead atoms. The highest BCUT2D eigenvalue weighted by Gasteiger charge is 2.33. The molecule has 0 unspecified atom stereocenters. The molecule has 146 valence electrons. The fourth-order valence-electron chi connectivity index (χ4n) is 2.74. The summed E-state index contributed by atoms with van der Waals surface area (Å²) in [7, 11) is 1.70. The van der Waals surface area contributed by atoms with E-state index in [2.05, 4.69) is 10.3 Å². The molecule has 0 saturated heterocycles. The van der Waals surface area contributed by atoms with Gasteiger partial charge >= 0.3 is 6.18 Å². The summed E-state index contributed by atoms with van der Waals surface area (Å²) in [6.45, 7) is 0. The van der Waals surface area contributed by atoms with Gasteiger partial charge in [-0.15, -0.1) is 0 Å². The van der Waals surface area contributed by atoms with Gasteiger partial charge in [0.1, 0.15) is 23.4 Å². The molecule has 2 aromatic carbocycles. The van der Waals surface area contributed by atoms with Gasteiger partial charge in [-0.25, -0.2) is 9.37 Å². The van der Waals surface area contributed by atoms with Crippen LogP contribution in [0.3, 0.4) is 0 Å². The van der Waals surface area contributed by atoms with Crippen LogP contribution in [0.2, 0.25) is 0 Å². The van der Waals surface area contributed by atoms with E-state index in [1.807, 2.05) is 0 Å². The Morgan fingerprint density at radius 3 is 2.39 bits per heavy atom. The zero-order chi connectivity index (χ0) is 20.5. The van der Waals surface area contributed by atoms with Crippen LogP contribution in [0, 0.1) is 15.9 Å². The summed E-state index contributed by atoms with van der Waals surface area (Å²) < 4.78 is 53.7. The normalized spacial score (nSPS) is 12.6. The summed E-state index contributed by atoms with van der Waals surface area (Å²) in [6.07, 6.45) is -1.55. The highest BCUT2D eigenvalue weighted by atomic mass is 19.4. The molecule has 1 N–H and O–H groups in total. The van der Waals surface area contributed by atoms with Crippen LogP contribution in [0.4, 0.5) is 28.9 Å². The Hall–Kier alpha value is -3.43. The van der Waals surface area contributed by atoms with Crippen LogP contribution in [0.25, 0.3) is 0 Å². The van der Waals surface area contributed by atoms with Gasteiger partial charge in [-0.1, -0.05) is 12.1 Å². The number of halogens is 4. The van der Waals surface area contributed by atoms with Crippen molar-refractivity contribution in [1.29, 1.82) is 0 Å². The highest BCUT2D eigenvalue weighted by Crippen LogP contribution is 2.37. The predicted octanol–water partition coefficient (Wildman–Crippen LogP) is 4.69. The molecule has 0 fully saturated rings. The second kappa shape index (κ2) is 7.29. The minimum absolute atomic E-state index is 0.115. The van der Waals surface area contributed by atoms with Crippen LogP contribution in [0.5, 0.6) is 0 Å². The number of anilines is 1. The Bertz CT molecular complexity index is 1000. The molecule has 1 atom stereocenters. The summed E-state index contributed by atoms with van der Waals surface area (Å²) in [5, 5.41) is 14.2. The molecule has 0 aliphatic heterocycles. The Morgan fingerprint density at radius 1 is 1.18 bits per heavy atom. The number of alkyl halides is 3. The van der Waals surface area contributed by atoms with Crippen LogP contribution in [-0.2, 0) is 13.2 Å². The van der Waals surface area contributed by atoms with E-state index in [4.69, 9.17) is 0 Å². The third kappa shape index (κ3) is 3.95. The van der Waals surface area contributed by atoms with Crippen LogP contribution < -0.4 is 5.32 Å². The molecule has 0 aliphatic rings. The number of nitro groups is 1. The first-order valence-electron chi connectivity index (χ1n) is 8.01. The van der Waals surface area contributed by atoms with Gasteiger partial charge in [0.15, 0.2) is 0 Å². The van der Waals surface area contributed by atoms with Crippen molar-refractivity contribution < 1.29 is 22.5 Å². The summed E-state index contributed by atoms with van der Waals surface area (Å²) in [6, 6.07) is 6.85. The van der Waals surface area contributed by atoms with Crippen molar-refractivity contribution in [2.75, 3.05) is 5.32 Å². The Balaban J connectivity index is 2.07. The van der Waals surface area contributed by atoms with Crippen LogP contribution in [0.1, 0.15) is 23.0 Å². The fraction of sp³-hybridized carbons (Fsp3) is 0.167. The number of hydrogen-bond donors (Lipinski definition) is 1. The number of hydrogen-bond acceptors (Lipinski definition) is 4. The smallest absolute Gasteiger partial charge is 0.366 e. The van der Waals surface area contributed by atoms with Crippen molar-refractivity contribution in [3.05, 3.63) is 87.7 Å². The van der Waals surface area contributed by atoms with E-state index < -0.39 is 34.2 Å². The van der Waals surface area contributed by atoms with E-state index in [0.717, 1.165) is 12.1 Å². The predicted molar refractivity (Wildman–Crippen MR) is 93.2 cm³/mol. The molecule has 1 aromatic heterocycles. The third-order valence-corrected chi connectivity index (χ3v) is 4.14. The SMILES string of the molecule is Cn1ccnc1[C@H](Nc1ccc(C(F)(F)F)cc1[N+](=O)[O-])c1ccc(F)cc1. The highest BCUT2D eigenvalue weighted by molar-refractivity contribution is 5.64. The van der Waals surface area contributed by atoms with Crippen LogP contribution in [-0.4, -0.2) is 14.5 Å². The number of nitrogens with one attached hydrogen (secondary N) is 1. The third-order valence-electron chi connectivity index (χ3n) is 4.14. The molecular weight excluding hydrogens is 380 g/mol. The Morgan fingerprint density at radius 2 is 1.86 bits per heavy atom. The van der Waals surface area contributed by atoms with E-state index in [1.165, 1.54) is 30.5 Å². The number of aryl methyl sites for hydroxylation is 1. The minimum Gasteiger partial charge on any atom is -0.366 e. The van der Waals surface area contributed by atoms with E-state index in [1.54, 1.807) is 17.8 Å². The van der Waals surface area contributed by atoms with Crippen molar-refractivity contribution in [3.63, 3.8) is 0 Å². The first kappa shape index (κ1) is 19.3. The van der Waals surface area contributed by atoms with Crippen LogP contribution >= 0.6 is 0 Å². The number of imidazole rings is 1. The summed E-state index contributed by atoms with van der Waals surface area (Å²) in [5.41, 5.74) is -1.43. The van der Waals surface area contributed by atoms with E-state index in [-0.39, 0.29) is 5.69 Å². The van der Waals surface area contributed by atoms with Gasteiger partial charge < -0.3 is 9.88 Å². The quantitative estimate of drug-likeness (QED) is 0.387. The van der Waals surface area contributed by atoms with Crippen molar-refractivity contribution in [2.45, 2.75) is 12.2 Å². The first-order chi connectivity index (χ1) is 13.2. The number of rotatable bonds is 5. The Kier molecular flexibility index (Phi) is 5.04. The molecule has 1 heterocycles. The molecule has 0 saturated carbocycles. The fourth-order valence-corrected chi connectivity index (χ4v) is 2.74. The molecule has 10 heteroatoms. The average Bonchev–Trinajstić information content (AvgIpc) is 3.05. The van der Waals surface area contributed by atoms with Gasteiger partial charge in [0.25, 0.3) is 5.69 Å². The summed E-state index contributed by atoms with van der Waals surface area (Å²) >= 11 is 0. The number of benzene rings is 2. The molecule has 3 aromatic rings. The lowest BCUT2D eigenvalue weighted by molar-refractivity contribution is -0.384. The second-order valence-electron chi connectivity index (χ2n) is 6.01. The molecule has 6 nitrogen and oxygen atoms in total. The lowest BCUT2D eigenvalue weighted by Crippen LogP contribution is -2.18. The van der Waals surface area contributed by atoms with Gasteiger partial charge in [-0.05, 0) is 29.8 Å².